The topological polar surface area (TPSA) is 71.2 Å². The first-order valence-electron chi connectivity index (χ1n) is 6.62. The number of benzene rings is 1. The molecule has 3 aromatic rings. The van der Waals surface area contributed by atoms with Gasteiger partial charge in [0, 0.05) is 30.2 Å². The van der Waals surface area contributed by atoms with E-state index in [9.17, 15) is 5.11 Å². The van der Waals surface area contributed by atoms with E-state index in [1.807, 2.05) is 30.3 Å². The molecule has 2 heterocycles. The van der Waals surface area contributed by atoms with Gasteiger partial charge < -0.3 is 14.8 Å². The Labute approximate surface area is 122 Å². The third kappa shape index (κ3) is 3.09. The minimum atomic E-state index is -0.0548. The summed E-state index contributed by atoms with van der Waals surface area (Å²) in [4.78, 5) is 7.89. The van der Waals surface area contributed by atoms with E-state index in [0.717, 1.165) is 22.4 Å². The van der Waals surface area contributed by atoms with Gasteiger partial charge in [-0.15, -0.1) is 0 Å². The summed E-state index contributed by atoms with van der Waals surface area (Å²) in [6.45, 7) is 0.649. The van der Waals surface area contributed by atoms with Gasteiger partial charge in [-0.3, -0.25) is 4.98 Å². The Morgan fingerprint density at radius 2 is 1.95 bits per heavy atom. The van der Waals surface area contributed by atoms with Crippen LogP contribution in [0.2, 0.25) is 0 Å². The maximum absolute atomic E-state index is 9.53. The summed E-state index contributed by atoms with van der Waals surface area (Å²) in [6, 6.07) is 9.71. The van der Waals surface area contributed by atoms with Gasteiger partial charge in [0.25, 0.3) is 0 Å². The van der Waals surface area contributed by atoms with Crippen molar-refractivity contribution in [1.82, 2.24) is 9.97 Å². The van der Waals surface area contributed by atoms with E-state index >= 15 is 0 Å². The summed E-state index contributed by atoms with van der Waals surface area (Å²) in [5, 5.41) is 12.9. The second-order valence-electron chi connectivity index (χ2n) is 4.60. The molecule has 0 saturated carbocycles. The van der Waals surface area contributed by atoms with Crippen molar-refractivity contribution >= 4 is 5.69 Å². The van der Waals surface area contributed by atoms with Crippen molar-refractivity contribution in [3.63, 3.8) is 0 Å². The van der Waals surface area contributed by atoms with Crippen molar-refractivity contribution in [2.75, 3.05) is 5.32 Å². The van der Waals surface area contributed by atoms with Crippen LogP contribution >= 0.6 is 0 Å². The van der Waals surface area contributed by atoms with E-state index in [2.05, 4.69) is 15.3 Å². The van der Waals surface area contributed by atoms with E-state index in [4.69, 9.17) is 4.42 Å². The average molecular weight is 281 g/mol. The van der Waals surface area contributed by atoms with Gasteiger partial charge in [-0.1, -0.05) is 0 Å². The molecule has 0 fully saturated rings. The van der Waals surface area contributed by atoms with Gasteiger partial charge in [0.15, 0.2) is 12.2 Å². The van der Waals surface area contributed by atoms with Crippen LogP contribution in [0.15, 0.2) is 59.7 Å². The largest absolute Gasteiger partial charge is 0.444 e. The summed E-state index contributed by atoms with van der Waals surface area (Å²) in [5.41, 5.74) is 3.74. The van der Waals surface area contributed by atoms with Crippen molar-refractivity contribution in [1.29, 1.82) is 0 Å². The fraction of sp³-hybridized carbons (Fsp3) is 0.125. The summed E-state index contributed by atoms with van der Waals surface area (Å²) in [6.07, 6.45) is 6.55. The fourth-order valence-electron chi connectivity index (χ4n) is 2.13. The van der Waals surface area contributed by atoms with Crippen molar-refractivity contribution in [2.45, 2.75) is 13.2 Å². The lowest BCUT2D eigenvalue weighted by Crippen LogP contribution is -2.00. The summed E-state index contributed by atoms with van der Waals surface area (Å²) >= 11 is 0. The second-order valence-corrected chi connectivity index (χ2v) is 4.60. The van der Waals surface area contributed by atoms with E-state index in [1.165, 1.54) is 6.39 Å². The first kappa shape index (κ1) is 13.3. The maximum Gasteiger partial charge on any atom is 0.181 e. The number of nitrogens with zero attached hydrogens (tertiary/aromatic N) is 2. The minimum absolute atomic E-state index is 0.0548. The predicted molar refractivity (Wildman–Crippen MR) is 79.4 cm³/mol. The molecule has 0 spiro atoms. The standard InChI is InChI=1S/C16H15N3O2/c20-10-13-7-14(19-8-12-3-5-17-6-4-12)1-2-15(13)16-9-18-11-21-16/h1-7,9,11,19-20H,8,10H2. The number of nitrogens with one attached hydrogen (secondary N) is 1. The predicted octanol–water partition coefficient (Wildman–Crippen LogP) is 2.84. The molecule has 0 unspecified atom stereocenters. The molecule has 0 atom stereocenters. The first-order valence-corrected chi connectivity index (χ1v) is 6.62. The van der Waals surface area contributed by atoms with Crippen LogP contribution in [0.4, 0.5) is 5.69 Å². The lowest BCUT2D eigenvalue weighted by atomic mass is 10.1. The Morgan fingerprint density at radius 1 is 1.10 bits per heavy atom. The van der Waals surface area contributed by atoms with Crippen LogP contribution in [0.1, 0.15) is 11.1 Å². The van der Waals surface area contributed by atoms with Gasteiger partial charge in [0.05, 0.1) is 12.8 Å². The van der Waals surface area contributed by atoms with E-state index < -0.39 is 0 Å². The monoisotopic (exact) mass is 281 g/mol. The van der Waals surface area contributed by atoms with Crippen molar-refractivity contribution < 1.29 is 9.52 Å². The van der Waals surface area contributed by atoms with Crippen LogP contribution in [0.25, 0.3) is 11.3 Å². The molecule has 106 valence electrons. The van der Waals surface area contributed by atoms with Crippen molar-refractivity contribution in [3.05, 3.63) is 66.4 Å². The van der Waals surface area contributed by atoms with Crippen molar-refractivity contribution in [2.24, 2.45) is 0 Å². The molecule has 0 aliphatic heterocycles. The number of anilines is 1. The molecule has 2 N–H and O–H groups in total. The molecule has 0 aliphatic rings. The number of aromatic nitrogens is 2. The zero-order valence-corrected chi connectivity index (χ0v) is 11.4. The Bertz CT molecular complexity index is 697. The normalized spacial score (nSPS) is 10.5. The highest BCUT2D eigenvalue weighted by Gasteiger charge is 2.08. The quantitative estimate of drug-likeness (QED) is 0.752. The van der Waals surface area contributed by atoms with E-state index in [-0.39, 0.29) is 6.61 Å². The van der Waals surface area contributed by atoms with Crippen LogP contribution in [0, 0.1) is 0 Å². The van der Waals surface area contributed by atoms with Gasteiger partial charge >= 0.3 is 0 Å². The summed E-state index contributed by atoms with van der Waals surface area (Å²) in [7, 11) is 0. The molecule has 5 nitrogen and oxygen atoms in total. The third-order valence-corrected chi connectivity index (χ3v) is 3.22. The van der Waals surface area contributed by atoms with Gasteiger partial charge in [0.2, 0.25) is 0 Å². The molecule has 5 heteroatoms. The number of aliphatic hydroxyl groups excluding tert-OH is 1. The molecule has 0 amide bonds. The highest BCUT2D eigenvalue weighted by atomic mass is 16.3. The zero-order chi connectivity index (χ0) is 14.5. The molecule has 21 heavy (non-hydrogen) atoms. The lowest BCUT2D eigenvalue weighted by Gasteiger charge is -2.10. The lowest BCUT2D eigenvalue weighted by molar-refractivity contribution is 0.282. The summed E-state index contributed by atoms with van der Waals surface area (Å²) in [5.74, 6) is 0.653. The molecule has 2 aromatic heterocycles. The average Bonchev–Trinajstić information content (AvgIpc) is 3.08. The molecular formula is C16H15N3O2. The van der Waals surface area contributed by atoms with Crippen LogP contribution in [0.5, 0.6) is 0 Å². The van der Waals surface area contributed by atoms with Crippen LogP contribution in [-0.2, 0) is 13.2 Å². The Kier molecular flexibility index (Phi) is 3.93. The number of pyridine rings is 1. The molecule has 3 rings (SSSR count). The van der Waals surface area contributed by atoms with Crippen LogP contribution in [0.3, 0.4) is 0 Å². The molecule has 0 aliphatic carbocycles. The Balaban J connectivity index is 1.78. The zero-order valence-electron chi connectivity index (χ0n) is 11.4. The number of hydrogen-bond acceptors (Lipinski definition) is 5. The first-order chi connectivity index (χ1) is 10.4. The number of rotatable bonds is 5. The summed E-state index contributed by atoms with van der Waals surface area (Å²) < 4.78 is 5.28. The highest BCUT2D eigenvalue weighted by Crippen LogP contribution is 2.26. The smallest absolute Gasteiger partial charge is 0.181 e. The molecular weight excluding hydrogens is 266 g/mol. The van der Waals surface area contributed by atoms with Crippen LogP contribution in [-0.4, -0.2) is 15.1 Å². The van der Waals surface area contributed by atoms with Crippen LogP contribution < -0.4 is 5.32 Å². The van der Waals surface area contributed by atoms with Gasteiger partial charge in [-0.2, -0.15) is 0 Å². The van der Waals surface area contributed by atoms with Gasteiger partial charge in [-0.25, -0.2) is 4.98 Å². The number of hydrogen-bond donors (Lipinski definition) is 2. The highest BCUT2D eigenvalue weighted by molar-refractivity contribution is 5.65. The van der Waals surface area contributed by atoms with Gasteiger partial charge in [-0.05, 0) is 41.5 Å². The number of oxazole rings is 1. The molecule has 0 radical (unpaired) electrons. The Morgan fingerprint density at radius 3 is 2.67 bits per heavy atom. The second kappa shape index (κ2) is 6.19. The van der Waals surface area contributed by atoms with Crippen molar-refractivity contribution in [3.8, 4) is 11.3 Å². The van der Waals surface area contributed by atoms with E-state index in [0.29, 0.717) is 12.3 Å². The SMILES string of the molecule is OCc1cc(NCc2ccncc2)ccc1-c1cnco1. The Hall–Kier alpha value is -2.66. The van der Waals surface area contributed by atoms with Gasteiger partial charge in [0.1, 0.15) is 0 Å². The van der Waals surface area contributed by atoms with E-state index in [1.54, 1.807) is 18.6 Å². The minimum Gasteiger partial charge on any atom is -0.444 e. The number of aliphatic hydroxyl groups is 1. The third-order valence-electron chi connectivity index (χ3n) is 3.22. The molecule has 0 saturated heterocycles. The molecule has 0 bridgehead atoms. The fourth-order valence-corrected chi connectivity index (χ4v) is 2.13. The molecule has 1 aromatic carbocycles. The maximum atomic E-state index is 9.53.